The van der Waals surface area contributed by atoms with Crippen molar-refractivity contribution in [2.75, 3.05) is 0 Å². The molecule has 1 heteroatoms. The fraction of sp³-hybridized carbons (Fsp3) is 0.556. The minimum atomic E-state index is 0.304. The van der Waals surface area contributed by atoms with E-state index in [1.807, 2.05) is 6.08 Å². The lowest BCUT2D eigenvalue weighted by atomic mass is 9.92. The van der Waals surface area contributed by atoms with Crippen LogP contribution >= 0.6 is 0 Å². The van der Waals surface area contributed by atoms with Crippen molar-refractivity contribution in [1.29, 1.82) is 0 Å². The molecular formula is C18H29N. The molecule has 1 nitrogen and oxygen atoms in total. The smallest absolute Gasteiger partial charge is 0.0536 e. The zero-order chi connectivity index (χ0) is 14.3. The van der Waals surface area contributed by atoms with Crippen molar-refractivity contribution in [2.24, 2.45) is 23.7 Å². The van der Waals surface area contributed by atoms with Gasteiger partial charge < -0.3 is 5.32 Å². The van der Waals surface area contributed by atoms with Crippen LogP contribution in [0.1, 0.15) is 34.1 Å². The van der Waals surface area contributed by atoms with Gasteiger partial charge >= 0.3 is 0 Å². The summed E-state index contributed by atoms with van der Waals surface area (Å²) >= 11 is 0. The molecule has 0 aromatic rings. The molecule has 3 atom stereocenters. The standard InChI is InChI=1S/C18H29N/c1-6-16-8-7-9-17(15(4)5)12-13-19-18(16)11-10-14(2)3/h6-8,10-19H,1,9H2,2-5H3/b8-7+,11-10+,13-12+. The second-order valence-electron chi connectivity index (χ2n) is 6.07. The summed E-state index contributed by atoms with van der Waals surface area (Å²) < 4.78 is 0. The molecule has 0 saturated carbocycles. The highest BCUT2D eigenvalue weighted by molar-refractivity contribution is 5.13. The van der Waals surface area contributed by atoms with Crippen LogP contribution in [0.15, 0.2) is 49.2 Å². The Labute approximate surface area is 119 Å². The van der Waals surface area contributed by atoms with Gasteiger partial charge in [-0.05, 0) is 30.4 Å². The van der Waals surface area contributed by atoms with Gasteiger partial charge in [0.05, 0.1) is 6.04 Å². The van der Waals surface area contributed by atoms with Crippen LogP contribution in [-0.4, -0.2) is 6.04 Å². The van der Waals surface area contributed by atoms with E-state index in [-0.39, 0.29) is 0 Å². The maximum Gasteiger partial charge on any atom is 0.0536 e. The molecule has 3 unspecified atom stereocenters. The SMILES string of the molecule is C=CC1/C=C/CC(C(C)C)/C=C/NC1/C=C/C(C)C. The third-order valence-electron chi connectivity index (χ3n) is 3.65. The van der Waals surface area contributed by atoms with E-state index in [0.29, 0.717) is 29.7 Å². The van der Waals surface area contributed by atoms with Crippen LogP contribution in [0.25, 0.3) is 0 Å². The van der Waals surface area contributed by atoms with E-state index >= 15 is 0 Å². The Morgan fingerprint density at radius 3 is 2.53 bits per heavy atom. The van der Waals surface area contributed by atoms with E-state index in [2.05, 4.69) is 76.2 Å². The highest BCUT2D eigenvalue weighted by Crippen LogP contribution is 2.20. The van der Waals surface area contributed by atoms with Crippen LogP contribution in [0.3, 0.4) is 0 Å². The lowest BCUT2D eigenvalue weighted by molar-refractivity contribution is 0.469. The fourth-order valence-electron chi connectivity index (χ4n) is 2.24. The van der Waals surface area contributed by atoms with Gasteiger partial charge in [0.15, 0.2) is 0 Å². The Balaban J connectivity index is 2.85. The van der Waals surface area contributed by atoms with Crippen LogP contribution in [-0.2, 0) is 0 Å². The Bertz CT molecular complexity index is 347. The van der Waals surface area contributed by atoms with Gasteiger partial charge in [-0.1, -0.05) is 64.2 Å². The maximum atomic E-state index is 3.97. The molecule has 1 rings (SSSR count). The highest BCUT2D eigenvalue weighted by atomic mass is 14.9. The van der Waals surface area contributed by atoms with Crippen LogP contribution in [0, 0.1) is 23.7 Å². The van der Waals surface area contributed by atoms with Gasteiger partial charge in [0.25, 0.3) is 0 Å². The summed E-state index contributed by atoms with van der Waals surface area (Å²) in [6.07, 6.45) is 16.7. The van der Waals surface area contributed by atoms with E-state index in [1.54, 1.807) is 0 Å². The van der Waals surface area contributed by atoms with Crippen LogP contribution in [0.5, 0.6) is 0 Å². The molecule has 0 aromatic heterocycles. The molecule has 0 fully saturated rings. The van der Waals surface area contributed by atoms with Crippen molar-refractivity contribution in [3.05, 3.63) is 49.2 Å². The summed E-state index contributed by atoms with van der Waals surface area (Å²) in [6, 6.07) is 0.304. The number of hydrogen-bond donors (Lipinski definition) is 1. The van der Waals surface area contributed by atoms with Crippen molar-refractivity contribution < 1.29 is 0 Å². The summed E-state index contributed by atoms with van der Waals surface area (Å²) in [5.74, 6) is 2.22. The van der Waals surface area contributed by atoms with Gasteiger partial charge in [0.1, 0.15) is 0 Å². The molecule has 1 N–H and O–H groups in total. The Morgan fingerprint density at radius 2 is 1.95 bits per heavy atom. The molecule has 0 bridgehead atoms. The van der Waals surface area contributed by atoms with Gasteiger partial charge in [-0.25, -0.2) is 0 Å². The minimum absolute atomic E-state index is 0.304. The molecule has 106 valence electrons. The molecular weight excluding hydrogens is 230 g/mol. The molecule has 0 amide bonds. The second-order valence-corrected chi connectivity index (χ2v) is 6.07. The normalized spacial score (nSPS) is 31.6. The van der Waals surface area contributed by atoms with Gasteiger partial charge in [-0.2, -0.15) is 0 Å². The number of allylic oxidation sites excluding steroid dienone is 3. The summed E-state index contributed by atoms with van der Waals surface area (Å²) in [6.45, 7) is 12.9. The molecule has 0 radical (unpaired) electrons. The molecule has 1 aliphatic rings. The molecule has 1 heterocycles. The first-order valence-corrected chi connectivity index (χ1v) is 7.44. The summed E-state index contributed by atoms with van der Waals surface area (Å²) in [5.41, 5.74) is 0. The summed E-state index contributed by atoms with van der Waals surface area (Å²) in [5, 5.41) is 3.51. The predicted octanol–water partition coefficient (Wildman–Crippen LogP) is 4.70. The first-order chi connectivity index (χ1) is 9.04. The second kappa shape index (κ2) is 8.04. The zero-order valence-electron chi connectivity index (χ0n) is 12.8. The average molecular weight is 259 g/mol. The quantitative estimate of drug-likeness (QED) is 0.721. The Hall–Kier alpha value is -1.24. The van der Waals surface area contributed by atoms with Crippen molar-refractivity contribution in [3.8, 4) is 0 Å². The average Bonchev–Trinajstić information content (AvgIpc) is 2.45. The molecule has 19 heavy (non-hydrogen) atoms. The van der Waals surface area contributed by atoms with Gasteiger partial charge in [-0.15, -0.1) is 6.58 Å². The van der Waals surface area contributed by atoms with E-state index in [1.165, 1.54) is 0 Å². The number of nitrogens with one attached hydrogen (secondary N) is 1. The summed E-state index contributed by atoms with van der Waals surface area (Å²) in [4.78, 5) is 0. The van der Waals surface area contributed by atoms with Gasteiger partial charge in [0, 0.05) is 5.92 Å². The van der Waals surface area contributed by atoms with E-state index in [4.69, 9.17) is 0 Å². The number of rotatable bonds is 4. The van der Waals surface area contributed by atoms with E-state index < -0.39 is 0 Å². The maximum absolute atomic E-state index is 3.97. The third kappa shape index (κ3) is 5.50. The molecule has 0 aromatic carbocycles. The number of hydrogen-bond acceptors (Lipinski definition) is 1. The predicted molar refractivity (Wildman–Crippen MR) is 85.8 cm³/mol. The van der Waals surface area contributed by atoms with Gasteiger partial charge in [-0.3, -0.25) is 0 Å². The molecule has 0 saturated heterocycles. The third-order valence-corrected chi connectivity index (χ3v) is 3.65. The lowest BCUT2D eigenvalue weighted by Gasteiger charge is -2.19. The van der Waals surface area contributed by atoms with Crippen LogP contribution in [0.4, 0.5) is 0 Å². The molecule has 1 aliphatic heterocycles. The molecule has 0 aliphatic carbocycles. The zero-order valence-corrected chi connectivity index (χ0v) is 12.8. The first kappa shape index (κ1) is 15.8. The van der Waals surface area contributed by atoms with Crippen molar-refractivity contribution in [2.45, 2.75) is 40.2 Å². The highest BCUT2D eigenvalue weighted by Gasteiger charge is 2.15. The topological polar surface area (TPSA) is 12.0 Å². The largest absolute Gasteiger partial charge is 0.384 e. The van der Waals surface area contributed by atoms with Crippen molar-refractivity contribution in [3.63, 3.8) is 0 Å². The first-order valence-electron chi connectivity index (χ1n) is 7.44. The fourth-order valence-corrected chi connectivity index (χ4v) is 2.24. The lowest BCUT2D eigenvalue weighted by Crippen LogP contribution is -2.28. The van der Waals surface area contributed by atoms with Gasteiger partial charge in [0.2, 0.25) is 0 Å². The van der Waals surface area contributed by atoms with E-state index in [0.717, 1.165) is 6.42 Å². The monoisotopic (exact) mass is 259 g/mol. The minimum Gasteiger partial charge on any atom is -0.384 e. The van der Waals surface area contributed by atoms with Crippen molar-refractivity contribution in [1.82, 2.24) is 5.32 Å². The van der Waals surface area contributed by atoms with E-state index in [9.17, 15) is 0 Å². The Kier molecular flexibility index (Phi) is 6.69. The summed E-state index contributed by atoms with van der Waals surface area (Å²) in [7, 11) is 0. The van der Waals surface area contributed by atoms with Crippen molar-refractivity contribution >= 4 is 0 Å². The molecule has 0 spiro atoms. The van der Waals surface area contributed by atoms with Crippen LogP contribution in [0.2, 0.25) is 0 Å². The van der Waals surface area contributed by atoms with Crippen LogP contribution < -0.4 is 5.32 Å². The Morgan fingerprint density at radius 1 is 1.21 bits per heavy atom.